The first-order valence-corrected chi connectivity index (χ1v) is 16.4. The fourth-order valence-corrected chi connectivity index (χ4v) is 10.7. The molecule has 2 bridgehead atoms. The van der Waals surface area contributed by atoms with E-state index in [0.29, 0.717) is 43.1 Å². The molecule has 1 spiro atoms. The van der Waals surface area contributed by atoms with Crippen LogP contribution in [0.3, 0.4) is 0 Å². The van der Waals surface area contributed by atoms with E-state index >= 15 is 0 Å². The van der Waals surface area contributed by atoms with Crippen molar-refractivity contribution in [3.63, 3.8) is 0 Å². The Morgan fingerprint density at radius 1 is 1.05 bits per heavy atom. The van der Waals surface area contributed by atoms with E-state index in [4.69, 9.17) is 11.6 Å². The van der Waals surface area contributed by atoms with Gasteiger partial charge in [-0.15, -0.1) is 24.9 Å². The molecule has 0 aromatic heterocycles. The topological polar surface area (TPSA) is 81.2 Å². The highest BCUT2D eigenvalue weighted by molar-refractivity contribution is 9.09. The van der Waals surface area contributed by atoms with Gasteiger partial charge in [0.05, 0.1) is 27.3 Å². The van der Waals surface area contributed by atoms with E-state index < -0.39 is 22.6 Å². The number of amides is 3. The van der Waals surface area contributed by atoms with Crippen LogP contribution in [0.4, 0.5) is 11.4 Å². The van der Waals surface area contributed by atoms with Gasteiger partial charge in [-0.3, -0.25) is 14.4 Å². The van der Waals surface area contributed by atoms with Crippen LogP contribution in [-0.2, 0) is 14.4 Å². The molecule has 6 atom stereocenters. The predicted molar refractivity (Wildman–Crippen MR) is 173 cm³/mol. The minimum Gasteiger partial charge on any atom is -0.396 e. The Labute approximate surface area is 264 Å². The number of hydrogen-bond acceptors (Lipinski definition) is 5. The van der Waals surface area contributed by atoms with E-state index in [1.807, 2.05) is 36.4 Å². The quantitative estimate of drug-likeness (QED) is 0.188. The minimum atomic E-state index is -0.803. The van der Waals surface area contributed by atoms with Crippen molar-refractivity contribution in [2.24, 2.45) is 11.8 Å². The lowest BCUT2D eigenvalue weighted by Crippen LogP contribution is -2.56. The maximum atomic E-state index is 14.7. The van der Waals surface area contributed by atoms with Gasteiger partial charge >= 0.3 is 0 Å². The first-order valence-electron chi connectivity index (χ1n) is 14.2. The van der Waals surface area contributed by atoms with Crippen LogP contribution in [0.5, 0.6) is 0 Å². The molecule has 3 aliphatic heterocycles. The SMILES string of the molecule is C=CCN(C(=O)[C@H]1[C@@H]2SC3(CC2Br)C(C(=O)N(CC=C)c2ccccc2Cl)N(CCCCO)C(=O)[C@H]13)c1ccccc1. The largest absolute Gasteiger partial charge is 0.396 e. The number of benzene rings is 2. The molecule has 222 valence electrons. The Morgan fingerprint density at radius 3 is 2.38 bits per heavy atom. The maximum absolute atomic E-state index is 14.7. The average Bonchev–Trinajstić information content (AvgIpc) is 3.58. The fourth-order valence-electron chi connectivity index (χ4n) is 6.82. The highest BCUT2D eigenvalue weighted by Gasteiger charge is 2.76. The molecule has 10 heteroatoms. The zero-order valence-electron chi connectivity index (χ0n) is 23.3. The third kappa shape index (κ3) is 5.23. The average molecular weight is 673 g/mol. The number of hydrogen-bond donors (Lipinski definition) is 1. The molecule has 7 nitrogen and oxygen atoms in total. The number of para-hydroxylation sites is 2. The van der Waals surface area contributed by atoms with Crippen LogP contribution in [0.2, 0.25) is 5.02 Å². The van der Waals surface area contributed by atoms with Gasteiger partial charge in [0.2, 0.25) is 11.8 Å². The summed E-state index contributed by atoms with van der Waals surface area (Å²) < 4.78 is -0.802. The molecular weight excluding hydrogens is 638 g/mol. The van der Waals surface area contributed by atoms with Crippen LogP contribution >= 0.6 is 39.3 Å². The van der Waals surface area contributed by atoms with Crippen LogP contribution < -0.4 is 9.80 Å². The Hall–Kier alpha value is -2.59. The molecule has 3 unspecified atom stereocenters. The number of alkyl halides is 1. The Kier molecular flexibility index (Phi) is 9.52. The Morgan fingerprint density at radius 2 is 1.71 bits per heavy atom. The van der Waals surface area contributed by atoms with Crippen molar-refractivity contribution < 1.29 is 19.5 Å². The van der Waals surface area contributed by atoms with Crippen LogP contribution in [0, 0.1) is 11.8 Å². The lowest BCUT2D eigenvalue weighted by molar-refractivity contribution is -0.139. The van der Waals surface area contributed by atoms with E-state index in [0.717, 1.165) is 5.69 Å². The molecule has 5 rings (SSSR count). The molecule has 0 aliphatic carbocycles. The number of nitrogens with zero attached hydrogens (tertiary/aromatic N) is 3. The Bertz CT molecular complexity index is 1360. The van der Waals surface area contributed by atoms with E-state index in [9.17, 15) is 19.5 Å². The molecule has 3 fully saturated rings. The van der Waals surface area contributed by atoms with Crippen molar-refractivity contribution in [1.82, 2.24) is 4.90 Å². The van der Waals surface area contributed by atoms with Gasteiger partial charge in [0.15, 0.2) is 0 Å². The van der Waals surface area contributed by atoms with Crippen LogP contribution in [-0.4, -0.2) is 74.8 Å². The van der Waals surface area contributed by atoms with Gasteiger partial charge in [-0.05, 0) is 43.5 Å². The van der Waals surface area contributed by atoms with Crippen molar-refractivity contribution >= 4 is 68.4 Å². The number of rotatable bonds is 12. The first-order chi connectivity index (χ1) is 20.3. The standard InChI is InChI=1S/C32H35BrClN3O4S/c1-3-16-35(21-12-6-5-7-13-21)29(39)25-26-30(40)37(18-10-11-19-38)28(32(26)20-22(33)27(25)42-32)31(41)36(17-4-2)24-15-9-8-14-23(24)34/h3-9,12-15,22,25-28,38H,1-2,10-11,16-20H2/t22?,25-,26+,27-,28?,32?/m1/s1. The molecule has 2 aromatic carbocycles. The number of aliphatic hydroxyl groups is 1. The zero-order valence-corrected chi connectivity index (χ0v) is 26.4. The summed E-state index contributed by atoms with van der Waals surface area (Å²) in [5.74, 6) is -1.84. The van der Waals surface area contributed by atoms with Crippen molar-refractivity contribution in [3.8, 4) is 0 Å². The van der Waals surface area contributed by atoms with Crippen molar-refractivity contribution in [1.29, 1.82) is 0 Å². The second-order valence-corrected chi connectivity index (χ2v) is 14.0. The first kappa shape index (κ1) is 30.9. The highest BCUT2D eigenvalue weighted by atomic mass is 79.9. The summed E-state index contributed by atoms with van der Waals surface area (Å²) in [4.78, 5) is 48.4. The second kappa shape index (κ2) is 13.0. The zero-order chi connectivity index (χ0) is 30.0. The monoisotopic (exact) mass is 671 g/mol. The fraction of sp³-hybridized carbons (Fsp3) is 0.406. The number of thioether (sulfide) groups is 1. The van der Waals surface area contributed by atoms with Gasteiger partial charge in [-0.2, -0.15) is 0 Å². The van der Waals surface area contributed by atoms with Gasteiger partial charge in [0, 0.05) is 42.0 Å². The van der Waals surface area contributed by atoms with Gasteiger partial charge in [-0.25, -0.2) is 0 Å². The van der Waals surface area contributed by atoms with Gasteiger partial charge in [-0.1, -0.05) is 70.0 Å². The third-order valence-electron chi connectivity index (χ3n) is 8.48. The molecule has 3 saturated heterocycles. The summed E-state index contributed by atoms with van der Waals surface area (Å²) in [6.07, 6.45) is 4.96. The van der Waals surface area contributed by atoms with Crippen LogP contribution in [0.15, 0.2) is 79.9 Å². The molecule has 42 heavy (non-hydrogen) atoms. The van der Waals surface area contributed by atoms with Gasteiger partial charge < -0.3 is 19.8 Å². The van der Waals surface area contributed by atoms with Crippen molar-refractivity contribution in [2.45, 2.75) is 40.1 Å². The Balaban J connectivity index is 1.58. The van der Waals surface area contributed by atoms with Gasteiger partial charge in [0.1, 0.15) is 6.04 Å². The van der Waals surface area contributed by atoms with Crippen LogP contribution in [0.25, 0.3) is 0 Å². The molecule has 3 aliphatic rings. The number of anilines is 2. The lowest BCUT2D eigenvalue weighted by atomic mass is 9.70. The lowest BCUT2D eigenvalue weighted by Gasteiger charge is -2.38. The third-order valence-corrected chi connectivity index (χ3v) is 12.0. The number of fused-ring (bicyclic) bond motifs is 1. The number of unbranched alkanes of at least 4 members (excludes halogenated alkanes) is 1. The van der Waals surface area contributed by atoms with E-state index in [-0.39, 0.29) is 41.0 Å². The molecule has 3 heterocycles. The number of likely N-dealkylation sites (tertiary alicyclic amines) is 1. The van der Waals surface area contributed by atoms with Crippen molar-refractivity contribution in [2.75, 3.05) is 36.0 Å². The molecular formula is C32H35BrClN3O4S. The van der Waals surface area contributed by atoms with E-state index in [2.05, 4.69) is 29.1 Å². The molecule has 2 aromatic rings. The summed E-state index contributed by atoms with van der Waals surface area (Å²) in [7, 11) is 0. The van der Waals surface area contributed by atoms with Crippen LogP contribution in [0.1, 0.15) is 19.3 Å². The van der Waals surface area contributed by atoms with Crippen molar-refractivity contribution in [3.05, 3.63) is 84.9 Å². The summed E-state index contributed by atoms with van der Waals surface area (Å²) in [6.45, 7) is 8.56. The van der Waals surface area contributed by atoms with Gasteiger partial charge in [0.25, 0.3) is 5.91 Å². The minimum absolute atomic E-state index is 0.00751. The second-order valence-electron chi connectivity index (χ2n) is 10.9. The van der Waals surface area contributed by atoms with E-state index in [1.54, 1.807) is 56.8 Å². The smallest absolute Gasteiger partial charge is 0.251 e. The summed E-state index contributed by atoms with van der Waals surface area (Å²) >= 11 is 12.0. The van der Waals surface area contributed by atoms with E-state index in [1.165, 1.54) is 0 Å². The summed E-state index contributed by atoms with van der Waals surface area (Å²) in [6, 6.07) is 15.8. The summed E-state index contributed by atoms with van der Waals surface area (Å²) in [5.41, 5.74) is 1.29. The number of carbonyl (C=O) groups excluding carboxylic acids is 3. The molecule has 0 saturated carbocycles. The molecule has 1 N–H and O–H groups in total. The maximum Gasteiger partial charge on any atom is 0.251 e. The summed E-state index contributed by atoms with van der Waals surface area (Å²) in [5, 5.41) is 9.73. The number of halogens is 2. The highest BCUT2D eigenvalue weighted by Crippen LogP contribution is 2.68. The molecule has 3 amide bonds. The predicted octanol–water partition coefficient (Wildman–Crippen LogP) is 5.32. The normalized spacial score (nSPS) is 27.5. The number of aliphatic hydroxyl groups excluding tert-OH is 1. The molecule has 0 radical (unpaired) electrons. The number of carbonyl (C=O) groups is 3.